The van der Waals surface area contributed by atoms with Gasteiger partial charge in [0.1, 0.15) is 0 Å². The minimum Gasteiger partial charge on any atom is -0.293 e. The minimum absolute atomic E-state index is 0.0317. The fraction of sp³-hybridized carbons (Fsp3) is 0.611. The zero-order valence-electron chi connectivity index (χ0n) is 13.0. The summed E-state index contributed by atoms with van der Waals surface area (Å²) in [5, 5.41) is 0. The van der Waals surface area contributed by atoms with Gasteiger partial charge in [0.05, 0.1) is 4.83 Å². The molecule has 1 unspecified atom stereocenters. The van der Waals surface area contributed by atoms with E-state index in [2.05, 4.69) is 36.7 Å². The smallest absolute Gasteiger partial charge is 0.176 e. The molecule has 0 heterocycles. The number of halogens is 1. The Morgan fingerprint density at radius 2 is 1.70 bits per heavy atom. The first-order chi connectivity index (χ1) is 9.56. The number of carbonyl (C=O) groups excluding carboxylic acids is 1. The monoisotopic (exact) mass is 338 g/mol. The summed E-state index contributed by atoms with van der Waals surface area (Å²) in [6, 6.07) is 5.99. The summed E-state index contributed by atoms with van der Waals surface area (Å²) < 4.78 is 0. The van der Waals surface area contributed by atoms with E-state index in [1.165, 1.54) is 43.2 Å². The van der Waals surface area contributed by atoms with Gasteiger partial charge in [0.25, 0.3) is 0 Å². The van der Waals surface area contributed by atoms with Crippen molar-refractivity contribution < 1.29 is 4.79 Å². The summed E-state index contributed by atoms with van der Waals surface area (Å²) in [4.78, 5) is 12.3. The number of carbonyl (C=O) groups is 1. The van der Waals surface area contributed by atoms with Crippen molar-refractivity contribution in [2.45, 2.75) is 70.5 Å². The molecule has 1 aromatic rings. The zero-order valence-corrected chi connectivity index (χ0v) is 14.6. The fourth-order valence-corrected chi connectivity index (χ4v) is 2.90. The van der Waals surface area contributed by atoms with Crippen LogP contribution in [-0.4, -0.2) is 10.6 Å². The van der Waals surface area contributed by atoms with Crippen LogP contribution in [0, 0.1) is 13.8 Å². The number of rotatable bonds is 9. The summed E-state index contributed by atoms with van der Waals surface area (Å²) >= 11 is 3.56. The topological polar surface area (TPSA) is 17.1 Å². The number of ketones is 1. The summed E-state index contributed by atoms with van der Waals surface area (Å²) in [5.74, 6) is 0.224. The lowest BCUT2D eigenvalue weighted by atomic mass is 9.99. The van der Waals surface area contributed by atoms with Crippen LogP contribution >= 0.6 is 15.9 Å². The van der Waals surface area contributed by atoms with Gasteiger partial charge in [-0.1, -0.05) is 73.5 Å². The predicted molar refractivity (Wildman–Crippen MR) is 91.0 cm³/mol. The number of Topliss-reactive ketones (excluding diaryl/α,β-unsaturated/α-hetero) is 1. The van der Waals surface area contributed by atoms with Crippen LogP contribution in [0.1, 0.15) is 73.4 Å². The summed E-state index contributed by atoms with van der Waals surface area (Å²) in [6.07, 6.45) is 8.56. The Bertz CT molecular complexity index is 425. The zero-order chi connectivity index (χ0) is 15.0. The molecule has 0 bridgehead atoms. The van der Waals surface area contributed by atoms with E-state index in [1.54, 1.807) is 0 Å². The molecule has 0 aliphatic rings. The lowest BCUT2D eigenvalue weighted by Crippen LogP contribution is -2.14. The van der Waals surface area contributed by atoms with Crippen molar-refractivity contribution in [3.8, 4) is 0 Å². The molecule has 0 aliphatic carbocycles. The van der Waals surface area contributed by atoms with Crippen molar-refractivity contribution in [1.29, 1.82) is 0 Å². The van der Waals surface area contributed by atoms with Gasteiger partial charge in [0.2, 0.25) is 0 Å². The second kappa shape index (κ2) is 9.33. The summed E-state index contributed by atoms with van der Waals surface area (Å²) in [7, 11) is 0. The molecule has 0 aromatic heterocycles. The maximum atomic E-state index is 12.3. The molecule has 0 saturated carbocycles. The van der Waals surface area contributed by atoms with Gasteiger partial charge in [-0.15, -0.1) is 0 Å². The molecule has 1 nitrogen and oxygen atoms in total. The lowest BCUT2D eigenvalue weighted by molar-refractivity contribution is 0.0987. The molecule has 0 amide bonds. The Labute approximate surface area is 132 Å². The van der Waals surface area contributed by atoms with Crippen LogP contribution in [-0.2, 0) is 0 Å². The quantitative estimate of drug-likeness (QED) is 0.306. The molecule has 1 aromatic carbocycles. The molecule has 0 fully saturated rings. The number of hydrogen-bond donors (Lipinski definition) is 0. The van der Waals surface area contributed by atoms with Crippen LogP contribution in [0.25, 0.3) is 0 Å². The molecule has 0 radical (unpaired) electrons. The Balaban J connectivity index is 2.37. The van der Waals surface area contributed by atoms with Crippen molar-refractivity contribution in [3.63, 3.8) is 0 Å². The Morgan fingerprint density at radius 3 is 2.35 bits per heavy atom. The van der Waals surface area contributed by atoms with Crippen molar-refractivity contribution in [1.82, 2.24) is 0 Å². The molecular formula is C18H27BrO. The summed E-state index contributed by atoms with van der Waals surface area (Å²) in [6.45, 7) is 6.37. The number of aryl methyl sites for hydroxylation is 2. The highest BCUT2D eigenvalue weighted by molar-refractivity contribution is 9.10. The number of unbranched alkanes of at least 4 members (excludes halogenated alkanes) is 5. The van der Waals surface area contributed by atoms with E-state index >= 15 is 0 Å². The Hall–Kier alpha value is -0.630. The summed E-state index contributed by atoms with van der Waals surface area (Å²) in [5.41, 5.74) is 3.26. The van der Waals surface area contributed by atoms with Gasteiger partial charge in [-0.05, 0) is 37.5 Å². The van der Waals surface area contributed by atoms with E-state index in [-0.39, 0.29) is 10.6 Å². The third-order valence-electron chi connectivity index (χ3n) is 3.89. The first kappa shape index (κ1) is 17.4. The van der Waals surface area contributed by atoms with E-state index < -0.39 is 0 Å². The van der Waals surface area contributed by atoms with Crippen molar-refractivity contribution in [2.24, 2.45) is 0 Å². The molecule has 2 heteroatoms. The highest BCUT2D eigenvalue weighted by atomic mass is 79.9. The molecule has 0 spiro atoms. The second-order valence-electron chi connectivity index (χ2n) is 5.69. The van der Waals surface area contributed by atoms with Gasteiger partial charge in [-0.25, -0.2) is 0 Å². The first-order valence-electron chi connectivity index (χ1n) is 7.81. The van der Waals surface area contributed by atoms with E-state index in [1.807, 2.05) is 18.2 Å². The van der Waals surface area contributed by atoms with Gasteiger partial charge in [0, 0.05) is 5.56 Å². The van der Waals surface area contributed by atoms with Crippen LogP contribution in [0.15, 0.2) is 18.2 Å². The van der Waals surface area contributed by atoms with Gasteiger partial charge in [-0.3, -0.25) is 4.79 Å². The molecule has 0 saturated heterocycles. The highest BCUT2D eigenvalue weighted by Gasteiger charge is 2.16. The molecule has 0 aliphatic heterocycles. The van der Waals surface area contributed by atoms with Crippen LogP contribution in [0.2, 0.25) is 0 Å². The third kappa shape index (κ3) is 5.78. The highest BCUT2D eigenvalue weighted by Crippen LogP contribution is 2.19. The average molecular weight is 339 g/mol. The number of alkyl halides is 1. The first-order valence-corrected chi connectivity index (χ1v) is 8.73. The van der Waals surface area contributed by atoms with Crippen LogP contribution in [0.5, 0.6) is 0 Å². The van der Waals surface area contributed by atoms with Crippen LogP contribution in [0.3, 0.4) is 0 Å². The molecule has 1 rings (SSSR count). The van der Waals surface area contributed by atoms with Gasteiger partial charge in [0.15, 0.2) is 5.78 Å². The number of benzene rings is 1. The maximum absolute atomic E-state index is 12.3. The van der Waals surface area contributed by atoms with Crippen LogP contribution < -0.4 is 0 Å². The minimum atomic E-state index is -0.0317. The van der Waals surface area contributed by atoms with Crippen molar-refractivity contribution in [3.05, 3.63) is 34.9 Å². The van der Waals surface area contributed by atoms with Crippen molar-refractivity contribution in [2.75, 3.05) is 0 Å². The fourth-order valence-electron chi connectivity index (χ4n) is 2.31. The van der Waals surface area contributed by atoms with Gasteiger partial charge >= 0.3 is 0 Å². The Morgan fingerprint density at radius 1 is 1.05 bits per heavy atom. The molecule has 1 atom stereocenters. The van der Waals surface area contributed by atoms with Gasteiger partial charge < -0.3 is 0 Å². The lowest BCUT2D eigenvalue weighted by Gasteiger charge is -2.10. The average Bonchev–Trinajstić information content (AvgIpc) is 2.44. The maximum Gasteiger partial charge on any atom is 0.176 e. The second-order valence-corrected chi connectivity index (χ2v) is 6.79. The van der Waals surface area contributed by atoms with E-state index in [9.17, 15) is 4.79 Å². The van der Waals surface area contributed by atoms with E-state index in [0.717, 1.165) is 18.4 Å². The number of hydrogen-bond acceptors (Lipinski definition) is 1. The normalized spacial score (nSPS) is 12.4. The molecule has 112 valence electrons. The van der Waals surface area contributed by atoms with E-state index in [0.29, 0.717) is 0 Å². The third-order valence-corrected chi connectivity index (χ3v) is 4.76. The molecule has 20 heavy (non-hydrogen) atoms. The molecule has 0 N–H and O–H groups in total. The van der Waals surface area contributed by atoms with E-state index in [4.69, 9.17) is 0 Å². The van der Waals surface area contributed by atoms with Crippen LogP contribution in [0.4, 0.5) is 0 Å². The van der Waals surface area contributed by atoms with Gasteiger partial charge in [-0.2, -0.15) is 0 Å². The Kier molecular flexibility index (Phi) is 8.13. The van der Waals surface area contributed by atoms with Crippen molar-refractivity contribution >= 4 is 21.7 Å². The SMILES string of the molecule is CCCCCCCCC(Br)C(=O)c1ccc(C)c(C)c1. The molecular weight excluding hydrogens is 312 g/mol. The predicted octanol–water partition coefficient (Wildman–Crippen LogP) is 6.00. The standard InChI is InChI=1S/C18H27BrO/c1-4-5-6-7-8-9-10-17(19)18(20)16-12-11-14(2)15(3)13-16/h11-13,17H,4-10H2,1-3H3. The largest absolute Gasteiger partial charge is 0.293 e.